The summed E-state index contributed by atoms with van der Waals surface area (Å²) in [6, 6.07) is 0. The van der Waals surface area contributed by atoms with Crippen molar-refractivity contribution in [2.45, 2.75) is 38.5 Å². The molecule has 1 rings (SSSR count). The van der Waals surface area contributed by atoms with Crippen LogP contribution >= 0.6 is 24.0 Å². The molecule has 0 saturated heterocycles. The van der Waals surface area contributed by atoms with Gasteiger partial charge in [-0.05, 0) is 31.1 Å². The molecular weight excluding hydrogens is 443 g/mol. The quantitative estimate of drug-likeness (QED) is 0.191. The number of nitrogens with one attached hydrogen (secondary N) is 3. The standard InChI is InChI=1S/C15H32N4O3S.HI/c1-16-14(17-10-6-11-19-23(3,20)21)18-13-15(9-12-22-2)7-4-5-8-15;/h19H,4-13H2,1-3H3,(H2,16,17,18);1H. The second kappa shape index (κ2) is 12.3. The zero-order valence-corrected chi connectivity index (χ0v) is 18.2. The van der Waals surface area contributed by atoms with Crippen LogP contribution in [0.25, 0.3) is 0 Å². The summed E-state index contributed by atoms with van der Waals surface area (Å²) in [6.07, 6.45) is 8.00. The van der Waals surface area contributed by atoms with Crippen LogP contribution in [0, 0.1) is 5.41 Å². The van der Waals surface area contributed by atoms with Crippen LogP contribution in [-0.2, 0) is 14.8 Å². The highest BCUT2D eigenvalue weighted by Gasteiger charge is 2.33. The van der Waals surface area contributed by atoms with E-state index in [4.69, 9.17) is 4.74 Å². The van der Waals surface area contributed by atoms with Gasteiger partial charge in [0.05, 0.1) is 6.26 Å². The molecule has 0 heterocycles. The van der Waals surface area contributed by atoms with E-state index in [0.29, 0.717) is 24.9 Å². The first-order chi connectivity index (χ1) is 10.9. The van der Waals surface area contributed by atoms with Gasteiger partial charge >= 0.3 is 0 Å². The SMILES string of the molecule is CN=C(NCCCNS(C)(=O)=O)NCC1(CCOC)CCCC1.I. The third kappa shape index (κ3) is 10.00. The molecule has 3 N–H and O–H groups in total. The smallest absolute Gasteiger partial charge is 0.208 e. The molecule has 0 atom stereocenters. The van der Waals surface area contributed by atoms with Gasteiger partial charge in [0.2, 0.25) is 10.0 Å². The van der Waals surface area contributed by atoms with Gasteiger partial charge in [-0.2, -0.15) is 0 Å². The van der Waals surface area contributed by atoms with Crippen molar-refractivity contribution < 1.29 is 13.2 Å². The maximum atomic E-state index is 11.0. The molecule has 0 aromatic carbocycles. The lowest BCUT2D eigenvalue weighted by atomic mass is 9.83. The van der Waals surface area contributed by atoms with Crippen LogP contribution in [0.4, 0.5) is 0 Å². The number of methoxy groups -OCH3 is 1. The fourth-order valence-electron chi connectivity index (χ4n) is 3.00. The van der Waals surface area contributed by atoms with Crippen molar-refractivity contribution in [2.24, 2.45) is 10.4 Å². The van der Waals surface area contributed by atoms with Crippen LogP contribution in [0.3, 0.4) is 0 Å². The van der Waals surface area contributed by atoms with Crippen molar-refractivity contribution >= 4 is 40.0 Å². The molecule has 24 heavy (non-hydrogen) atoms. The van der Waals surface area contributed by atoms with Gasteiger partial charge in [-0.25, -0.2) is 13.1 Å². The molecule has 0 bridgehead atoms. The number of rotatable bonds is 10. The van der Waals surface area contributed by atoms with Crippen LogP contribution in [0.15, 0.2) is 4.99 Å². The lowest BCUT2D eigenvalue weighted by molar-refractivity contribution is 0.138. The number of halogens is 1. The molecule has 7 nitrogen and oxygen atoms in total. The molecular formula is C15H33IN4O3S. The monoisotopic (exact) mass is 476 g/mol. The molecule has 0 amide bonds. The Bertz CT molecular complexity index is 465. The predicted octanol–water partition coefficient (Wildman–Crippen LogP) is 1.31. The average Bonchev–Trinajstić information content (AvgIpc) is 2.96. The molecule has 0 spiro atoms. The van der Waals surface area contributed by atoms with E-state index in [1.165, 1.54) is 31.9 Å². The molecule has 0 unspecified atom stereocenters. The summed E-state index contributed by atoms with van der Waals surface area (Å²) in [6.45, 7) is 2.80. The second-order valence-electron chi connectivity index (χ2n) is 6.32. The summed E-state index contributed by atoms with van der Waals surface area (Å²) in [5, 5.41) is 6.64. The lowest BCUT2D eigenvalue weighted by Gasteiger charge is -2.30. The number of aliphatic imine (C=N–C) groups is 1. The fourth-order valence-corrected chi connectivity index (χ4v) is 3.52. The summed E-state index contributed by atoms with van der Waals surface area (Å²) >= 11 is 0. The molecule has 0 aromatic rings. The summed E-state index contributed by atoms with van der Waals surface area (Å²) in [4.78, 5) is 4.23. The highest BCUT2D eigenvalue weighted by Crippen LogP contribution is 2.40. The molecule has 1 fully saturated rings. The fraction of sp³-hybridized carbons (Fsp3) is 0.933. The minimum Gasteiger partial charge on any atom is -0.385 e. The van der Waals surface area contributed by atoms with Crippen molar-refractivity contribution in [1.29, 1.82) is 0 Å². The number of guanidine groups is 1. The lowest BCUT2D eigenvalue weighted by Crippen LogP contribution is -2.44. The topological polar surface area (TPSA) is 91.8 Å². The van der Waals surface area contributed by atoms with E-state index in [0.717, 1.165) is 25.5 Å². The second-order valence-corrected chi connectivity index (χ2v) is 8.16. The van der Waals surface area contributed by atoms with Gasteiger partial charge in [0.25, 0.3) is 0 Å². The van der Waals surface area contributed by atoms with Gasteiger partial charge in [0.15, 0.2) is 5.96 Å². The zero-order valence-electron chi connectivity index (χ0n) is 15.1. The van der Waals surface area contributed by atoms with Crippen LogP contribution in [0.1, 0.15) is 38.5 Å². The van der Waals surface area contributed by atoms with Crippen molar-refractivity contribution in [2.75, 3.05) is 46.7 Å². The van der Waals surface area contributed by atoms with Crippen LogP contribution < -0.4 is 15.4 Å². The molecule has 0 radical (unpaired) electrons. The molecule has 0 aromatic heterocycles. The van der Waals surface area contributed by atoms with E-state index in [-0.39, 0.29) is 24.0 Å². The van der Waals surface area contributed by atoms with Crippen molar-refractivity contribution in [3.8, 4) is 0 Å². The van der Waals surface area contributed by atoms with Gasteiger partial charge in [0.1, 0.15) is 0 Å². The van der Waals surface area contributed by atoms with Crippen molar-refractivity contribution in [3.05, 3.63) is 0 Å². The summed E-state index contributed by atoms with van der Waals surface area (Å²) in [7, 11) is 0.397. The van der Waals surface area contributed by atoms with Crippen molar-refractivity contribution in [3.63, 3.8) is 0 Å². The summed E-state index contributed by atoms with van der Waals surface area (Å²) in [5.74, 6) is 0.771. The number of hydrogen-bond donors (Lipinski definition) is 3. The van der Waals surface area contributed by atoms with Gasteiger partial charge in [-0.1, -0.05) is 12.8 Å². The maximum absolute atomic E-state index is 11.0. The number of nitrogens with zero attached hydrogens (tertiary/aromatic N) is 1. The van der Waals surface area contributed by atoms with E-state index < -0.39 is 10.0 Å². The predicted molar refractivity (Wildman–Crippen MR) is 110 cm³/mol. The van der Waals surface area contributed by atoms with Gasteiger partial charge in [-0.15, -0.1) is 24.0 Å². The first kappa shape index (κ1) is 23.9. The highest BCUT2D eigenvalue weighted by molar-refractivity contribution is 14.0. The van der Waals surface area contributed by atoms with Crippen LogP contribution in [0.5, 0.6) is 0 Å². The normalized spacial score (nSPS) is 17.4. The molecule has 144 valence electrons. The van der Waals surface area contributed by atoms with Crippen LogP contribution in [-0.4, -0.2) is 61.0 Å². The molecule has 9 heteroatoms. The van der Waals surface area contributed by atoms with Crippen LogP contribution in [0.2, 0.25) is 0 Å². The number of sulfonamides is 1. The van der Waals surface area contributed by atoms with Gasteiger partial charge in [-0.3, -0.25) is 4.99 Å². The van der Waals surface area contributed by atoms with E-state index >= 15 is 0 Å². The number of ether oxygens (including phenoxy) is 1. The first-order valence-corrected chi connectivity index (χ1v) is 10.2. The molecule has 0 aliphatic heterocycles. The largest absolute Gasteiger partial charge is 0.385 e. The average molecular weight is 476 g/mol. The molecule has 1 saturated carbocycles. The van der Waals surface area contributed by atoms with Gasteiger partial charge in [0, 0.05) is 40.4 Å². The Labute approximate surface area is 163 Å². The highest BCUT2D eigenvalue weighted by atomic mass is 127. The van der Waals surface area contributed by atoms with Crippen molar-refractivity contribution in [1.82, 2.24) is 15.4 Å². The Hall–Kier alpha value is -0.130. The molecule has 1 aliphatic rings. The summed E-state index contributed by atoms with van der Waals surface area (Å²) in [5.41, 5.74) is 0.311. The Morgan fingerprint density at radius 3 is 2.42 bits per heavy atom. The Morgan fingerprint density at radius 1 is 1.21 bits per heavy atom. The Kier molecular flexibility index (Phi) is 12.2. The Morgan fingerprint density at radius 2 is 1.88 bits per heavy atom. The third-order valence-corrected chi connectivity index (χ3v) is 5.09. The third-order valence-electron chi connectivity index (χ3n) is 4.37. The minimum absolute atomic E-state index is 0. The molecule has 1 aliphatic carbocycles. The van der Waals surface area contributed by atoms with Gasteiger partial charge < -0.3 is 15.4 Å². The first-order valence-electron chi connectivity index (χ1n) is 8.29. The van der Waals surface area contributed by atoms with E-state index in [2.05, 4.69) is 20.3 Å². The minimum atomic E-state index is -3.10. The summed E-state index contributed by atoms with van der Waals surface area (Å²) < 4.78 is 29.7. The zero-order chi connectivity index (χ0) is 17.2. The Balaban J connectivity index is 0.00000529. The maximum Gasteiger partial charge on any atom is 0.208 e. The number of hydrogen-bond acceptors (Lipinski definition) is 4. The van der Waals surface area contributed by atoms with E-state index in [9.17, 15) is 8.42 Å². The van der Waals surface area contributed by atoms with E-state index in [1.54, 1.807) is 14.2 Å². The van der Waals surface area contributed by atoms with E-state index in [1.807, 2.05) is 0 Å².